The minimum Gasteiger partial charge on any atom is -0.338 e. The molecule has 0 bridgehead atoms. The molecule has 1 heterocycles. The van der Waals surface area contributed by atoms with Gasteiger partial charge in [-0.15, -0.1) is 11.3 Å². The van der Waals surface area contributed by atoms with Crippen LogP contribution in [-0.2, 0) is 25.8 Å². The molecule has 1 aromatic heterocycles. The van der Waals surface area contributed by atoms with E-state index in [2.05, 4.69) is 35.1 Å². The smallest absolute Gasteiger partial charge is 0.315 e. The molecule has 0 spiro atoms. The third-order valence-corrected chi connectivity index (χ3v) is 5.54. The highest BCUT2D eigenvalue weighted by Crippen LogP contribution is 2.30. The highest BCUT2D eigenvalue weighted by Gasteiger charge is 2.15. The van der Waals surface area contributed by atoms with Crippen molar-refractivity contribution in [2.45, 2.75) is 45.6 Å². The van der Waals surface area contributed by atoms with Gasteiger partial charge in [0.25, 0.3) is 0 Å². The molecule has 1 aromatic carbocycles. The van der Waals surface area contributed by atoms with Crippen molar-refractivity contribution in [2.75, 3.05) is 6.54 Å². The van der Waals surface area contributed by atoms with E-state index in [1.807, 2.05) is 23.5 Å². The monoisotopic (exact) mass is 328 g/mol. The summed E-state index contributed by atoms with van der Waals surface area (Å²) in [5, 5.41) is 8.16. The van der Waals surface area contributed by atoms with Crippen LogP contribution in [0.3, 0.4) is 0 Å². The fourth-order valence-electron chi connectivity index (χ4n) is 3.03. The Bertz CT molecular complexity index is 661. The van der Waals surface area contributed by atoms with Crippen molar-refractivity contribution in [1.29, 1.82) is 0 Å². The predicted molar refractivity (Wildman–Crippen MR) is 96.1 cm³/mol. The molecule has 122 valence electrons. The third-order valence-electron chi connectivity index (χ3n) is 4.40. The summed E-state index contributed by atoms with van der Waals surface area (Å²) in [6.45, 7) is 3.33. The van der Waals surface area contributed by atoms with E-state index in [1.54, 1.807) is 10.4 Å². The van der Waals surface area contributed by atoms with Crippen LogP contribution >= 0.6 is 11.3 Å². The lowest BCUT2D eigenvalue weighted by molar-refractivity contribution is 0.240. The average Bonchev–Trinajstić information content (AvgIpc) is 2.98. The Kier molecular flexibility index (Phi) is 5.34. The molecular formula is C19H24N2OS. The number of carbonyl (C=O) groups is 1. The second kappa shape index (κ2) is 7.64. The van der Waals surface area contributed by atoms with Gasteiger partial charge in [0.1, 0.15) is 0 Å². The number of urea groups is 1. The maximum atomic E-state index is 11.9. The quantitative estimate of drug-likeness (QED) is 0.856. The molecule has 0 aliphatic heterocycles. The third kappa shape index (κ3) is 4.35. The molecule has 0 saturated heterocycles. The van der Waals surface area contributed by atoms with E-state index < -0.39 is 0 Å². The van der Waals surface area contributed by atoms with Gasteiger partial charge in [0.2, 0.25) is 0 Å². The van der Waals surface area contributed by atoms with Crippen LogP contribution in [0.5, 0.6) is 0 Å². The van der Waals surface area contributed by atoms with Crippen LogP contribution in [0, 0.1) is 6.92 Å². The Morgan fingerprint density at radius 3 is 2.74 bits per heavy atom. The van der Waals surface area contributed by atoms with E-state index in [1.165, 1.54) is 36.8 Å². The average molecular weight is 328 g/mol. The number of aryl methyl sites for hydroxylation is 2. The fraction of sp³-hybridized carbons (Fsp3) is 0.421. The maximum Gasteiger partial charge on any atom is 0.315 e. The molecule has 0 saturated carbocycles. The predicted octanol–water partition coefficient (Wildman–Crippen LogP) is 3.98. The van der Waals surface area contributed by atoms with Crippen molar-refractivity contribution in [1.82, 2.24) is 10.6 Å². The van der Waals surface area contributed by atoms with E-state index >= 15 is 0 Å². The molecule has 2 amide bonds. The summed E-state index contributed by atoms with van der Waals surface area (Å²) in [5.74, 6) is 0. The summed E-state index contributed by atoms with van der Waals surface area (Å²) in [5.41, 5.74) is 5.35. The number of nitrogens with one attached hydrogen (secondary N) is 2. The van der Waals surface area contributed by atoms with Crippen molar-refractivity contribution in [3.63, 3.8) is 0 Å². The number of fused-ring (bicyclic) bond motifs is 1. The Morgan fingerprint density at radius 2 is 1.91 bits per heavy atom. The molecule has 2 aromatic rings. The molecule has 0 radical (unpaired) electrons. The van der Waals surface area contributed by atoms with Crippen LogP contribution in [0.2, 0.25) is 0 Å². The normalized spacial score (nSPS) is 13.4. The molecule has 1 aliphatic carbocycles. The van der Waals surface area contributed by atoms with Gasteiger partial charge in [-0.2, -0.15) is 0 Å². The van der Waals surface area contributed by atoms with Gasteiger partial charge in [-0.3, -0.25) is 0 Å². The van der Waals surface area contributed by atoms with E-state index in [0.717, 1.165) is 12.0 Å². The van der Waals surface area contributed by atoms with Gasteiger partial charge in [0.05, 0.1) is 0 Å². The van der Waals surface area contributed by atoms with Crippen LogP contribution in [0.1, 0.15) is 40.0 Å². The number of carbonyl (C=O) groups excluding carboxylic acids is 1. The lowest BCUT2D eigenvalue weighted by Gasteiger charge is -2.13. The molecule has 23 heavy (non-hydrogen) atoms. The molecule has 3 rings (SSSR count). The van der Waals surface area contributed by atoms with Crippen LogP contribution in [0.15, 0.2) is 29.6 Å². The maximum absolute atomic E-state index is 11.9. The molecule has 0 fully saturated rings. The van der Waals surface area contributed by atoms with E-state index in [4.69, 9.17) is 0 Å². The SMILES string of the molecule is Cc1ccc(CNC(=O)NCCc2csc3c2CCCC3)cc1. The molecule has 1 aliphatic rings. The topological polar surface area (TPSA) is 41.1 Å². The number of amides is 2. The zero-order chi connectivity index (χ0) is 16.1. The van der Waals surface area contributed by atoms with Crippen LogP contribution < -0.4 is 10.6 Å². The summed E-state index contributed by atoms with van der Waals surface area (Å²) in [6, 6.07) is 8.14. The zero-order valence-electron chi connectivity index (χ0n) is 13.7. The number of hydrogen-bond acceptors (Lipinski definition) is 2. The van der Waals surface area contributed by atoms with Crippen molar-refractivity contribution < 1.29 is 4.79 Å². The van der Waals surface area contributed by atoms with Gasteiger partial charge in [-0.25, -0.2) is 4.79 Å². The van der Waals surface area contributed by atoms with Gasteiger partial charge < -0.3 is 10.6 Å². The fourth-order valence-corrected chi connectivity index (χ4v) is 4.21. The Balaban J connectivity index is 1.41. The highest BCUT2D eigenvalue weighted by atomic mass is 32.1. The summed E-state index contributed by atoms with van der Waals surface area (Å²) >= 11 is 1.89. The standard InChI is InChI=1S/C19H24N2OS/c1-14-6-8-15(9-7-14)12-21-19(22)20-11-10-16-13-23-18-5-3-2-4-17(16)18/h6-9,13H,2-5,10-12H2,1H3,(H2,20,21,22). The zero-order valence-corrected chi connectivity index (χ0v) is 14.5. The van der Waals surface area contributed by atoms with Gasteiger partial charge in [-0.05, 0) is 61.1 Å². The first-order valence-electron chi connectivity index (χ1n) is 8.38. The molecule has 2 N–H and O–H groups in total. The van der Waals surface area contributed by atoms with E-state index in [9.17, 15) is 4.79 Å². The van der Waals surface area contributed by atoms with Crippen LogP contribution in [0.25, 0.3) is 0 Å². The Labute approximate surface area is 142 Å². The number of thiophene rings is 1. The van der Waals surface area contributed by atoms with Crippen molar-refractivity contribution in [2.24, 2.45) is 0 Å². The summed E-state index contributed by atoms with van der Waals surface area (Å²) < 4.78 is 0. The molecule has 4 heteroatoms. The molecule has 0 unspecified atom stereocenters. The summed E-state index contributed by atoms with van der Waals surface area (Å²) in [4.78, 5) is 13.4. The summed E-state index contributed by atoms with van der Waals surface area (Å²) in [6.07, 6.45) is 6.02. The van der Waals surface area contributed by atoms with Crippen molar-refractivity contribution in [3.8, 4) is 0 Å². The second-order valence-electron chi connectivity index (χ2n) is 6.21. The Morgan fingerprint density at radius 1 is 1.13 bits per heavy atom. The minimum absolute atomic E-state index is 0.0883. The van der Waals surface area contributed by atoms with Crippen LogP contribution in [-0.4, -0.2) is 12.6 Å². The Hall–Kier alpha value is -1.81. The molecule has 0 atom stereocenters. The van der Waals surface area contributed by atoms with Gasteiger partial charge >= 0.3 is 6.03 Å². The highest BCUT2D eigenvalue weighted by molar-refractivity contribution is 7.10. The van der Waals surface area contributed by atoms with E-state index in [0.29, 0.717) is 13.1 Å². The first-order valence-corrected chi connectivity index (χ1v) is 9.25. The second-order valence-corrected chi connectivity index (χ2v) is 7.18. The number of benzene rings is 1. The van der Waals surface area contributed by atoms with Gasteiger partial charge in [0, 0.05) is 18.0 Å². The van der Waals surface area contributed by atoms with Gasteiger partial charge in [-0.1, -0.05) is 29.8 Å². The van der Waals surface area contributed by atoms with E-state index in [-0.39, 0.29) is 6.03 Å². The number of hydrogen-bond donors (Lipinski definition) is 2. The lowest BCUT2D eigenvalue weighted by Crippen LogP contribution is -2.36. The minimum atomic E-state index is -0.0883. The van der Waals surface area contributed by atoms with Gasteiger partial charge in [0.15, 0.2) is 0 Å². The molecule has 3 nitrogen and oxygen atoms in total. The first kappa shape index (κ1) is 16.1. The van der Waals surface area contributed by atoms with Crippen molar-refractivity contribution in [3.05, 3.63) is 56.8 Å². The summed E-state index contributed by atoms with van der Waals surface area (Å²) in [7, 11) is 0. The van der Waals surface area contributed by atoms with Crippen LogP contribution in [0.4, 0.5) is 4.79 Å². The number of rotatable bonds is 5. The van der Waals surface area contributed by atoms with Crippen molar-refractivity contribution >= 4 is 17.4 Å². The first-order chi connectivity index (χ1) is 11.2. The lowest BCUT2D eigenvalue weighted by atomic mass is 9.95. The molecular weight excluding hydrogens is 304 g/mol. The largest absolute Gasteiger partial charge is 0.338 e.